The molecule has 9 nitrogen and oxygen atoms in total. The van der Waals surface area contributed by atoms with Gasteiger partial charge in [-0.2, -0.15) is 0 Å². The van der Waals surface area contributed by atoms with Crippen LogP contribution in [0, 0.1) is 0 Å². The zero-order valence-corrected chi connectivity index (χ0v) is 51.2. The lowest BCUT2D eigenvalue weighted by atomic mass is 9.96. The van der Waals surface area contributed by atoms with Crippen molar-refractivity contribution in [1.29, 1.82) is 0 Å². The van der Waals surface area contributed by atoms with Crippen LogP contribution in [0.3, 0.4) is 0 Å². The van der Waals surface area contributed by atoms with E-state index < -0.39 is 0 Å². The topological polar surface area (TPSA) is 84.4 Å². The number of fused-ring (bicyclic) bond motifs is 15. The summed E-state index contributed by atoms with van der Waals surface area (Å²) in [5.41, 5.74) is 25.7. The third-order valence-corrected chi connectivity index (χ3v) is 18.9. The Balaban J connectivity index is 0.000000143. The van der Waals surface area contributed by atoms with Crippen molar-refractivity contribution in [2.24, 2.45) is 0 Å². The van der Waals surface area contributed by atoms with Gasteiger partial charge in [0.15, 0.2) is 5.58 Å². The van der Waals surface area contributed by atoms with Crippen LogP contribution in [0.5, 0.6) is 0 Å². The van der Waals surface area contributed by atoms with Crippen LogP contribution in [0.25, 0.3) is 177 Å². The summed E-state index contributed by atoms with van der Waals surface area (Å²) in [6.07, 6.45) is 7.45. The SMILES string of the molecule is c1cc(-n2c3ccccc3c3ccccc32)c2oc3ccc(-n4c5ccccc5c5ccccc54)cc3c2c1.c1ccc(-c2ccccc2-c2ccc3c(c2)c2ncccc2n3-c2cccc(-n3c4ccc(-c5ccccc5-c5ccccn5)cc4c4ncccc43)c2)nc1. The summed E-state index contributed by atoms with van der Waals surface area (Å²) in [5.74, 6) is 0. The Morgan fingerprint density at radius 2 is 0.632 bits per heavy atom. The second kappa shape index (κ2) is 21.9. The Morgan fingerprint density at radius 1 is 0.232 bits per heavy atom. The van der Waals surface area contributed by atoms with Gasteiger partial charge in [0.05, 0.1) is 72.2 Å². The van der Waals surface area contributed by atoms with E-state index in [0.29, 0.717) is 0 Å². The van der Waals surface area contributed by atoms with Crippen molar-refractivity contribution in [1.82, 2.24) is 38.2 Å². The molecule has 0 aliphatic rings. The number of rotatable bonds is 8. The van der Waals surface area contributed by atoms with Crippen LogP contribution in [0.15, 0.2) is 333 Å². The molecule has 0 fully saturated rings. The van der Waals surface area contributed by atoms with Gasteiger partial charge >= 0.3 is 0 Å². The highest BCUT2D eigenvalue weighted by Gasteiger charge is 2.22. The van der Waals surface area contributed by atoms with Crippen molar-refractivity contribution in [3.8, 4) is 67.5 Å². The second-order valence-corrected chi connectivity index (χ2v) is 24.1. The fourth-order valence-corrected chi connectivity index (χ4v) is 14.8. The lowest BCUT2D eigenvalue weighted by molar-refractivity contribution is 0.666. The third-order valence-electron chi connectivity index (χ3n) is 18.9. The molecule has 9 heteroatoms. The largest absolute Gasteiger partial charge is 0.454 e. The first-order valence-corrected chi connectivity index (χ1v) is 32.0. The summed E-state index contributed by atoms with van der Waals surface area (Å²) in [6, 6.07) is 107. The van der Waals surface area contributed by atoms with E-state index in [1.807, 2.05) is 61.2 Å². The van der Waals surface area contributed by atoms with E-state index >= 15 is 0 Å². The first kappa shape index (κ1) is 53.8. The lowest BCUT2D eigenvalue weighted by Crippen LogP contribution is -1.98. The average Bonchev–Trinajstić information content (AvgIpc) is 1.61. The van der Waals surface area contributed by atoms with E-state index in [-0.39, 0.29) is 0 Å². The molecule has 0 atom stereocenters. The predicted molar refractivity (Wildman–Crippen MR) is 390 cm³/mol. The molecule has 0 aliphatic heterocycles. The number of furan rings is 1. The molecule has 11 aromatic carbocycles. The average molecular weight is 1220 g/mol. The normalized spacial score (nSPS) is 11.8. The molecule has 20 aromatic rings. The molecular weight excluding hydrogens is 1160 g/mol. The molecule has 0 saturated heterocycles. The van der Waals surface area contributed by atoms with Crippen LogP contribution in [-0.2, 0) is 0 Å². The molecule has 444 valence electrons. The maximum absolute atomic E-state index is 6.62. The number of hydrogen-bond donors (Lipinski definition) is 0. The highest BCUT2D eigenvalue weighted by molar-refractivity contribution is 6.15. The van der Waals surface area contributed by atoms with E-state index in [2.05, 4.69) is 295 Å². The first-order chi connectivity index (χ1) is 47.2. The minimum Gasteiger partial charge on any atom is -0.454 e. The summed E-state index contributed by atoms with van der Waals surface area (Å²) in [4.78, 5) is 19.2. The number of nitrogens with zero attached hydrogens (tertiary/aromatic N) is 8. The van der Waals surface area contributed by atoms with Crippen LogP contribution in [-0.4, -0.2) is 38.2 Å². The number of para-hydroxylation sites is 5. The number of pyridine rings is 4. The van der Waals surface area contributed by atoms with Crippen LogP contribution >= 0.6 is 0 Å². The van der Waals surface area contributed by atoms with Gasteiger partial charge in [-0.05, 0) is 162 Å². The van der Waals surface area contributed by atoms with E-state index in [4.69, 9.17) is 14.4 Å². The zero-order valence-electron chi connectivity index (χ0n) is 51.2. The molecule has 0 aliphatic carbocycles. The van der Waals surface area contributed by atoms with Gasteiger partial charge in [0.1, 0.15) is 5.58 Å². The minimum absolute atomic E-state index is 0.891. The molecule has 0 spiro atoms. The van der Waals surface area contributed by atoms with Gasteiger partial charge in [-0.3, -0.25) is 19.9 Å². The number of aromatic nitrogens is 8. The molecule has 9 heterocycles. The molecule has 0 radical (unpaired) electrons. The molecule has 9 aromatic heterocycles. The standard InChI is InChI=1S/C50H32N6.C36H22N2O/c1-3-16-39(43-18-5-7-26-51-43)37(14-1)33-22-24-45-41(30-33)49-47(20-10-28-53-49)55(45)35-12-9-13-36(32-35)56-46-25-23-34(31-42(46)50-48(56)21-11-29-54-50)38-15-2-4-17-40(38)44-19-6-8-27-52-44;1-5-15-30-24(10-1)25-11-2-6-16-31(25)37(30)23-20-21-35-29(22-23)28-14-9-19-34(36(28)39-35)38-32-17-7-3-12-26(32)27-13-4-8-18-33(27)38/h1-32H;1-22H. The van der Waals surface area contributed by atoms with Crippen LogP contribution in [0.1, 0.15) is 0 Å². The summed E-state index contributed by atoms with van der Waals surface area (Å²) in [5, 5.41) is 9.44. The monoisotopic (exact) mass is 1210 g/mol. The fraction of sp³-hybridized carbons (Fsp3) is 0. The quantitative estimate of drug-likeness (QED) is 0.151. The van der Waals surface area contributed by atoms with Crippen molar-refractivity contribution in [3.05, 3.63) is 328 Å². The highest BCUT2D eigenvalue weighted by Crippen LogP contribution is 2.43. The minimum atomic E-state index is 0.891. The van der Waals surface area contributed by atoms with Crippen molar-refractivity contribution in [3.63, 3.8) is 0 Å². The maximum Gasteiger partial charge on any atom is 0.159 e. The van der Waals surface area contributed by atoms with Crippen LogP contribution in [0.4, 0.5) is 0 Å². The third kappa shape index (κ3) is 8.64. The summed E-state index contributed by atoms with van der Waals surface area (Å²) >= 11 is 0. The smallest absolute Gasteiger partial charge is 0.159 e. The molecule has 0 saturated carbocycles. The lowest BCUT2D eigenvalue weighted by Gasteiger charge is -2.13. The number of benzene rings is 11. The molecular formula is C86H54N8O. The molecule has 0 N–H and O–H groups in total. The van der Waals surface area contributed by atoms with Gasteiger partial charge < -0.3 is 22.7 Å². The molecule has 0 amide bonds. The highest BCUT2D eigenvalue weighted by atomic mass is 16.3. The van der Waals surface area contributed by atoms with E-state index in [1.54, 1.807) is 0 Å². The Labute approximate surface area is 544 Å². The van der Waals surface area contributed by atoms with Crippen molar-refractivity contribution in [2.75, 3.05) is 0 Å². The summed E-state index contributed by atoms with van der Waals surface area (Å²) in [6.45, 7) is 0. The van der Waals surface area contributed by atoms with Gasteiger partial charge in [-0.25, -0.2) is 0 Å². The van der Waals surface area contributed by atoms with Crippen LogP contribution in [0.2, 0.25) is 0 Å². The van der Waals surface area contributed by atoms with Crippen LogP contribution < -0.4 is 0 Å². The Hall–Kier alpha value is -13.0. The number of hydrogen-bond acceptors (Lipinski definition) is 5. The van der Waals surface area contributed by atoms with Gasteiger partial charge in [-0.1, -0.05) is 164 Å². The van der Waals surface area contributed by atoms with Gasteiger partial charge in [0.25, 0.3) is 0 Å². The van der Waals surface area contributed by atoms with E-state index in [1.165, 1.54) is 43.6 Å². The van der Waals surface area contributed by atoms with Crippen molar-refractivity contribution in [2.45, 2.75) is 0 Å². The molecule has 0 bridgehead atoms. The molecule has 20 rings (SSSR count). The maximum atomic E-state index is 6.62. The van der Waals surface area contributed by atoms with Crippen molar-refractivity contribution < 1.29 is 4.42 Å². The molecule has 0 unspecified atom stereocenters. The van der Waals surface area contributed by atoms with Gasteiger partial charge in [0, 0.05) is 96.1 Å². The summed E-state index contributed by atoms with van der Waals surface area (Å²) in [7, 11) is 0. The summed E-state index contributed by atoms with van der Waals surface area (Å²) < 4.78 is 16.0. The van der Waals surface area contributed by atoms with E-state index in [9.17, 15) is 0 Å². The Kier molecular flexibility index (Phi) is 12.4. The molecule has 95 heavy (non-hydrogen) atoms. The van der Waals surface area contributed by atoms with E-state index in [0.717, 1.165) is 133 Å². The zero-order chi connectivity index (χ0) is 62.5. The predicted octanol–water partition coefficient (Wildman–Crippen LogP) is 21.9. The Morgan fingerprint density at radius 3 is 1.14 bits per heavy atom. The second-order valence-electron chi connectivity index (χ2n) is 24.1. The van der Waals surface area contributed by atoms with Gasteiger partial charge in [0.2, 0.25) is 0 Å². The first-order valence-electron chi connectivity index (χ1n) is 32.0. The van der Waals surface area contributed by atoms with Gasteiger partial charge in [-0.15, -0.1) is 0 Å². The Bertz CT molecular complexity index is 6110. The fourth-order valence-electron chi connectivity index (χ4n) is 14.8. The van der Waals surface area contributed by atoms with Crippen molar-refractivity contribution >= 4 is 109 Å².